The van der Waals surface area contributed by atoms with E-state index in [9.17, 15) is 18.0 Å². The minimum Gasteiger partial charge on any atom is -0.319 e. The van der Waals surface area contributed by atoms with Crippen LogP contribution in [-0.2, 0) is 23.9 Å². The molecule has 0 fully saturated rings. The molecule has 6 aromatic rings. The molecule has 0 saturated carbocycles. The highest BCUT2D eigenvalue weighted by atomic mass is 79.9. The van der Waals surface area contributed by atoms with Crippen molar-refractivity contribution in [2.24, 2.45) is 0 Å². The Bertz CT molecular complexity index is 1910. The Labute approximate surface area is 254 Å². The molecule has 0 aliphatic rings. The number of nitrogens with zero attached hydrogens (tertiary/aromatic N) is 5. The molecule has 0 radical (unpaired) electrons. The lowest BCUT2D eigenvalue weighted by molar-refractivity contribution is -0.137. The Kier molecular flexibility index (Phi) is 7.97. The second-order valence-electron chi connectivity index (χ2n) is 9.34. The van der Waals surface area contributed by atoms with Gasteiger partial charge < -0.3 is 9.88 Å². The molecule has 0 bridgehead atoms. The van der Waals surface area contributed by atoms with Crippen molar-refractivity contribution in [2.45, 2.75) is 24.3 Å². The summed E-state index contributed by atoms with van der Waals surface area (Å²) >= 11 is 5.90. The Balaban J connectivity index is 1.15. The standard InChI is InChI=1S/C29H20BrF3N6OS2/c30-20-9-10-23-22(13-20)25-26(39(23)15-17-5-2-1-3-6-17)36-28(38-37-25)41-16-24(40)35-27-34-14-21(42-27)12-18-7-4-8-19(11-18)29(31,32)33/h1-11,13-14H,12,15-16H2,(H,34,35,40). The lowest BCUT2D eigenvalue weighted by atomic mass is 10.1. The quantitative estimate of drug-likeness (QED) is 0.168. The van der Waals surface area contributed by atoms with Gasteiger partial charge in [-0.25, -0.2) is 9.97 Å². The first-order chi connectivity index (χ1) is 20.2. The van der Waals surface area contributed by atoms with Crippen molar-refractivity contribution in [1.29, 1.82) is 0 Å². The molecule has 7 nitrogen and oxygen atoms in total. The molecule has 0 atom stereocenters. The molecule has 212 valence electrons. The maximum atomic E-state index is 13.0. The van der Waals surface area contributed by atoms with E-state index in [1.807, 2.05) is 36.4 Å². The molecule has 3 aromatic heterocycles. The number of benzene rings is 3. The van der Waals surface area contributed by atoms with Gasteiger partial charge in [0.05, 0.1) is 16.8 Å². The summed E-state index contributed by atoms with van der Waals surface area (Å²) in [5.41, 5.74) is 3.25. The summed E-state index contributed by atoms with van der Waals surface area (Å²) in [6, 6.07) is 21.2. The molecule has 1 N–H and O–H groups in total. The summed E-state index contributed by atoms with van der Waals surface area (Å²) in [5, 5.41) is 13.1. The van der Waals surface area contributed by atoms with Crippen LogP contribution in [0.3, 0.4) is 0 Å². The fraction of sp³-hybridized carbons (Fsp3) is 0.138. The van der Waals surface area contributed by atoms with Crippen molar-refractivity contribution < 1.29 is 18.0 Å². The Morgan fingerprint density at radius 3 is 2.62 bits per heavy atom. The van der Waals surface area contributed by atoms with Gasteiger partial charge in [-0.05, 0) is 35.4 Å². The van der Waals surface area contributed by atoms with Gasteiger partial charge in [0.15, 0.2) is 10.8 Å². The molecule has 6 rings (SSSR count). The number of aromatic nitrogens is 5. The molecular formula is C29H20BrF3N6OS2. The highest BCUT2D eigenvalue weighted by Crippen LogP contribution is 2.32. The highest BCUT2D eigenvalue weighted by Gasteiger charge is 2.30. The first-order valence-electron chi connectivity index (χ1n) is 12.6. The first-order valence-corrected chi connectivity index (χ1v) is 15.2. The normalized spacial score (nSPS) is 11.8. The van der Waals surface area contributed by atoms with Gasteiger partial charge in [-0.3, -0.25) is 4.79 Å². The molecular weight excluding hydrogens is 649 g/mol. The third-order valence-corrected chi connectivity index (χ3v) is 8.60. The van der Waals surface area contributed by atoms with E-state index >= 15 is 0 Å². The second-order valence-corrected chi connectivity index (χ2v) is 12.3. The number of hydrogen-bond acceptors (Lipinski definition) is 7. The number of anilines is 1. The Hall–Kier alpha value is -3.81. The van der Waals surface area contributed by atoms with Gasteiger partial charge in [0.25, 0.3) is 0 Å². The lowest BCUT2D eigenvalue weighted by Crippen LogP contribution is -2.14. The van der Waals surface area contributed by atoms with Gasteiger partial charge in [0.1, 0.15) is 5.52 Å². The van der Waals surface area contributed by atoms with Crippen LogP contribution in [0.15, 0.2) is 88.6 Å². The minimum absolute atomic E-state index is 0.0280. The van der Waals surface area contributed by atoms with Crippen LogP contribution in [-0.4, -0.2) is 36.4 Å². The molecule has 0 saturated heterocycles. The van der Waals surface area contributed by atoms with Crippen molar-refractivity contribution in [2.75, 3.05) is 11.1 Å². The average Bonchev–Trinajstić information content (AvgIpc) is 3.53. The third-order valence-electron chi connectivity index (χ3n) is 6.36. The number of thiazole rings is 1. The Morgan fingerprint density at radius 2 is 1.81 bits per heavy atom. The first kappa shape index (κ1) is 28.3. The number of hydrogen-bond donors (Lipinski definition) is 1. The summed E-state index contributed by atoms with van der Waals surface area (Å²) < 4.78 is 42.1. The molecule has 3 heterocycles. The number of alkyl halides is 3. The summed E-state index contributed by atoms with van der Waals surface area (Å²) in [5.74, 6) is -0.280. The number of amides is 1. The van der Waals surface area contributed by atoms with Crippen LogP contribution < -0.4 is 5.32 Å². The van der Waals surface area contributed by atoms with Crippen molar-refractivity contribution in [3.05, 3.63) is 105 Å². The number of halogens is 4. The fourth-order valence-corrected chi connectivity index (χ4v) is 6.30. The van der Waals surface area contributed by atoms with E-state index in [0.29, 0.717) is 33.6 Å². The lowest BCUT2D eigenvalue weighted by Gasteiger charge is -2.08. The number of carbonyl (C=O) groups excluding carboxylic acids is 1. The van der Waals surface area contributed by atoms with Crippen LogP contribution >= 0.6 is 39.0 Å². The smallest absolute Gasteiger partial charge is 0.319 e. The summed E-state index contributed by atoms with van der Waals surface area (Å²) in [7, 11) is 0. The monoisotopic (exact) mass is 668 g/mol. The maximum Gasteiger partial charge on any atom is 0.416 e. The number of rotatable bonds is 8. The molecule has 0 spiro atoms. The van der Waals surface area contributed by atoms with Crippen LogP contribution in [0, 0.1) is 0 Å². The predicted molar refractivity (Wildman–Crippen MR) is 162 cm³/mol. The Morgan fingerprint density at radius 1 is 1.00 bits per heavy atom. The van der Waals surface area contributed by atoms with Crippen molar-refractivity contribution in [1.82, 2.24) is 24.7 Å². The van der Waals surface area contributed by atoms with Gasteiger partial charge in [-0.1, -0.05) is 76.2 Å². The SMILES string of the molecule is O=C(CSc1nnc2c3cc(Br)ccc3n(Cc3ccccc3)c2n1)Nc1ncc(Cc2cccc(C(F)(F)F)c2)s1. The maximum absolute atomic E-state index is 13.0. The van der Waals surface area contributed by atoms with E-state index in [0.717, 1.165) is 49.7 Å². The molecule has 0 aliphatic heterocycles. The zero-order valence-electron chi connectivity index (χ0n) is 21.6. The van der Waals surface area contributed by atoms with Gasteiger partial charge >= 0.3 is 6.18 Å². The topological polar surface area (TPSA) is 85.6 Å². The van der Waals surface area contributed by atoms with E-state index in [1.165, 1.54) is 17.4 Å². The van der Waals surface area contributed by atoms with E-state index < -0.39 is 11.7 Å². The van der Waals surface area contributed by atoms with Crippen LogP contribution in [0.4, 0.5) is 18.3 Å². The van der Waals surface area contributed by atoms with Crippen LogP contribution in [0.25, 0.3) is 22.1 Å². The minimum atomic E-state index is -4.40. The summed E-state index contributed by atoms with van der Waals surface area (Å²) in [6.45, 7) is 0.596. The van der Waals surface area contributed by atoms with Crippen molar-refractivity contribution in [3.63, 3.8) is 0 Å². The van der Waals surface area contributed by atoms with E-state index in [-0.39, 0.29) is 18.1 Å². The van der Waals surface area contributed by atoms with E-state index in [1.54, 1.807) is 12.3 Å². The van der Waals surface area contributed by atoms with E-state index in [4.69, 9.17) is 4.98 Å². The fourth-order valence-electron chi connectivity index (χ4n) is 4.49. The average molecular weight is 670 g/mol. The highest BCUT2D eigenvalue weighted by molar-refractivity contribution is 9.10. The van der Waals surface area contributed by atoms with Crippen LogP contribution in [0.2, 0.25) is 0 Å². The molecule has 3 aromatic carbocycles. The van der Waals surface area contributed by atoms with Crippen molar-refractivity contribution in [3.8, 4) is 0 Å². The number of fused-ring (bicyclic) bond motifs is 3. The van der Waals surface area contributed by atoms with Gasteiger partial charge in [0, 0.05) is 33.9 Å². The largest absolute Gasteiger partial charge is 0.416 e. The molecule has 1 amide bonds. The van der Waals surface area contributed by atoms with Gasteiger partial charge in [-0.15, -0.1) is 21.5 Å². The number of thioether (sulfide) groups is 1. The number of carbonyl (C=O) groups is 1. The zero-order chi connectivity index (χ0) is 29.3. The van der Waals surface area contributed by atoms with Crippen molar-refractivity contribution >= 4 is 72.1 Å². The predicted octanol–water partition coefficient (Wildman–Crippen LogP) is 7.59. The van der Waals surface area contributed by atoms with Crippen LogP contribution in [0.1, 0.15) is 21.6 Å². The van der Waals surface area contributed by atoms with Gasteiger partial charge in [-0.2, -0.15) is 13.2 Å². The third kappa shape index (κ3) is 6.32. The van der Waals surface area contributed by atoms with E-state index in [2.05, 4.69) is 53.1 Å². The molecule has 0 unspecified atom stereocenters. The molecule has 13 heteroatoms. The number of nitrogens with one attached hydrogen (secondary N) is 1. The van der Waals surface area contributed by atoms with Crippen LogP contribution in [0.5, 0.6) is 0 Å². The molecule has 42 heavy (non-hydrogen) atoms. The second kappa shape index (κ2) is 11.8. The van der Waals surface area contributed by atoms with Gasteiger partial charge in [0.2, 0.25) is 11.1 Å². The summed E-state index contributed by atoms with van der Waals surface area (Å²) in [4.78, 5) is 22.4. The summed E-state index contributed by atoms with van der Waals surface area (Å²) in [6.07, 6.45) is -2.57. The zero-order valence-corrected chi connectivity index (χ0v) is 24.8. The molecule has 0 aliphatic carbocycles.